The van der Waals surface area contributed by atoms with E-state index in [1.807, 2.05) is 78.9 Å². The average Bonchev–Trinajstić information content (AvgIpc) is 2.86. The van der Waals surface area contributed by atoms with Crippen molar-refractivity contribution >= 4 is 23.2 Å². The molecule has 3 aromatic rings. The molecular formula is C28H27F4OP. The Hall–Kier alpha value is -3.17. The molecule has 1 nitrogen and oxygen atoms in total. The first-order valence-electron chi connectivity index (χ1n) is 10.9. The van der Waals surface area contributed by atoms with Crippen LogP contribution in [-0.2, 0) is 0 Å². The van der Waals surface area contributed by atoms with Crippen molar-refractivity contribution in [3.05, 3.63) is 121 Å². The van der Waals surface area contributed by atoms with Gasteiger partial charge in [0.15, 0.2) is 0 Å². The van der Waals surface area contributed by atoms with Gasteiger partial charge in [-0.3, -0.25) is 0 Å². The van der Waals surface area contributed by atoms with Gasteiger partial charge in [0.2, 0.25) is 0 Å². The van der Waals surface area contributed by atoms with Crippen LogP contribution >= 0.6 is 7.26 Å². The molecule has 0 saturated carbocycles. The molecule has 0 radical (unpaired) electrons. The quantitative estimate of drug-likeness (QED) is 0.177. The molecule has 0 saturated heterocycles. The number of ether oxygens (including phenoxy) is 1. The Morgan fingerprint density at radius 3 is 1.94 bits per heavy atom. The predicted octanol–water partition coefficient (Wildman–Crippen LogP) is 6.64. The first-order chi connectivity index (χ1) is 16.5. The Labute approximate surface area is 198 Å². The average molecular weight is 486 g/mol. The van der Waals surface area contributed by atoms with Gasteiger partial charge in [-0.25, -0.2) is 0 Å². The summed E-state index contributed by atoms with van der Waals surface area (Å²) in [5, 5.41) is 2.93. The summed E-state index contributed by atoms with van der Waals surface area (Å²) in [5.74, 6) is -1.09. The Bertz CT molecular complexity index is 1110. The molecule has 0 N–H and O–H groups in total. The summed E-state index contributed by atoms with van der Waals surface area (Å²) >= 11 is 0. The fourth-order valence-electron chi connectivity index (χ4n) is 4.17. The van der Waals surface area contributed by atoms with Crippen LogP contribution in [0.1, 0.15) is 6.92 Å². The number of alkyl halides is 1. The molecule has 0 aliphatic carbocycles. The molecule has 0 bridgehead atoms. The summed E-state index contributed by atoms with van der Waals surface area (Å²) in [4.78, 5) is 0. The van der Waals surface area contributed by atoms with Crippen LogP contribution in [0.25, 0.3) is 0 Å². The van der Waals surface area contributed by atoms with E-state index in [9.17, 15) is 17.6 Å². The summed E-state index contributed by atoms with van der Waals surface area (Å²) in [5.41, 5.74) is 0.320. The molecule has 0 fully saturated rings. The molecule has 3 rings (SSSR count). The van der Waals surface area contributed by atoms with Crippen molar-refractivity contribution in [3.63, 3.8) is 0 Å². The van der Waals surface area contributed by atoms with Crippen molar-refractivity contribution < 1.29 is 22.3 Å². The van der Waals surface area contributed by atoms with E-state index in [-0.39, 0.29) is 19.1 Å². The van der Waals surface area contributed by atoms with Crippen LogP contribution in [-0.4, -0.2) is 19.4 Å². The summed E-state index contributed by atoms with van der Waals surface area (Å²) < 4.78 is 59.3. The zero-order valence-corrected chi connectivity index (χ0v) is 19.9. The van der Waals surface area contributed by atoms with E-state index in [0.29, 0.717) is 11.3 Å². The second-order valence-corrected chi connectivity index (χ2v) is 11.7. The van der Waals surface area contributed by atoms with Gasteiger partial charge in [0.1, 0.15) is 0 Å². The third-order valence-corrected chi connectivity index (χ3v) is 10.4. The van der Waals surface area contributed by atoms with Crippen LogP contribution in [0.4, 0.5) is 17.6 Å². The number of hydrogen-bond donors (Lipinski definition) is 0. The Kier molecular flexibility index (Phi) is 9.24. The number of rotatable bonds is 10. The number of hydrogen-bond acceptors (Lipinski definition) is 1. The van der Waals surface area contributed by atoms with Crippen LogP contribution in [0.3, 0.4) is 0 Å². The topological polar surface area (TPSA) is 9.23 Å². The maximum absolute atomic E-state index is 14.0. The molecule has 178 valence electrons. The third-order valence-electron chi connectivity index (χ3n) is 5.49. The number of allylic oxidation sites excluding steroid dienone is 5. The molecule has 6 heteroatoms. The standard InChI is InChI=1S/C28H27F4OP/c1-22(31)17-23(18-24(32)20-30)21-34(26-10-4-2-5-11-26,27-12-6-3-7-13-27)28-14-8-9-25(19-28)33-16-15-29/h2-14,17-20,34H,15-16,21H2,1H3/b22-17+,23-18+,24-20-. The molecule has 0 aliphatic heterocycles. The monoisotopic (exact) mass is 486 g/mol. The molecule has 0 heterocycles. The van der Waals surface area contributed by atoms with Gasteiger partial charge in [0, 0.05) is 0 Å². The van der Waals surface area contributed by atoms with Crippen LogP contribution < -0.4 is 20.7 Å². The van der Waals surface area contributed by atoms with Crippen molar-refractivity contribution in [2.75, 3.05) is 19.4 Å². The fraction of sp³-hybridized carbons (Fsp3) is 0.143. The van der Waals surface area contributed by atoms with Crippen LogP contribution in [0, 0.1) is 0 Å². The normalized spacial score (nSPS) is 13.6. The summed E-state index contributed by atoms with van der Waals surface area (Å²) in [7, 11) is -2.97. The molecule has 0 unspecified atom stereocenters. The zero-order valence-electron chi connectivity index (χ0n) is 18.9. The third kappa shape index (κ3) is 6.24. The Morgan fingerprint density at radius 1 is 0.824 bits per heavy atom. The van der Waals surface area contributed by atoms with Crippen LogP contribution in [0.2, 0.25) is 0 Å². The van der Waals surface area contributed by atoms with Crippen molar-refractivity contribution in [3.8, 4) is 5.75 Å². The van der Waals surface area contributed by atoms with Gasteiger partial charge in [0.05, 0.1) is 0 Å². The molecule has 0 spiro atoms. The van der Waals surface area contributed by atoms with E-state index < -0.39 is 25.6 Å². The fourth-order valence-corrected chi connectivity index (χ4v) is 8.89. The maximum atomic E-state index is 14.0. The summed E-state index contributed by atoms with van der Waals surface area (Å²) in [6.07, 6.45) is 2.39. The zero-order chi connectivity index (χ0) is 24.4. The minimum atomic E-state index is -2.97. The van der Waals surface area contributed by atoms with Gasteiger partial charge in [0.25, 0.3) is 0 Å². The minimum absolute atomic E-state index is 0.0733. The van der Waals surface area contributed by atoms with Gasteiger partial charge >= 0.3 is 198 Å². The SMILES string of the molecule is C\C(F)=C/C(=C\C(F)=C\F)C[PH](c1ccccc1)(c1ccccc1)c1cccc(OCCF)c1. The van der Waals surface area contributed by atoms with E-state index in [1.165, 1.54) is 13.0 Å². The van der Waals surface area contributed by atoms with Gasteiger partial charge in [-0.15, -0.1) is 0 Å². The van der Waals surface area contributed by atoms with Crippen LogP contribution in [0.15, 0.2) is 121 Å². The van der Waals surface area contributed by atoms with Gasteiger partial charge in [-0.1, -0.05) is 0 Å². The Morgan fingerprint density at radius 2 is 1.41 bits per heavy atom. The number of halogens is 4. The van der Waals surface area contributed by atoms with Crippen molar-refractivity contribution in [2.24, 2.45) is 0 Å². The van der Waals surface area contributed by atoms with Gasteiger partial charge in [-0.2, -0.15) is 0 Å². The predicted molar refractivity (Wildman–Crippen MR) is 136 cm³/mol. The molecule has 0 atom stereocenters. The molecule has 3 aromatic carbocycles. The van der Waals surface area contributed by atoms with E-state index in [4.69, 9.17) is 4.74 Å². The molecule has 34 heavy (non-hydrogen) atoms. The second-order valence-electron chi connectivity index (χ2n) is 7.82. The number of benzene rings is 3. The van der Waals surface area contributed by atoms with Crippen molar-refractivity contribution in [1.82, 2.24) is 0 Å². The molecule has 0 amide bonds. The summed E-state index contributed by atoms with van der Waals surface area (Å²) in [6.45, 7) is 0.577. The first-order valence-corrected chi connectivity index (χ1v) is 13.1. The molecule has 0 aromatic heterocycles. The van der Waals surface area contributed by atoms with E-state index in [0.717, 1.165) is 22.0 Å². The van der Waals surface area contributed by atoms with Gasteiger partial charge in [-0.05, 0) is 0 Å². The first kappa shape index (κ1) is 25.5. The molecular weight excluding hydrogens is 459 g/mol. The van der Waals surface area contributed by atoms with Crippen LogP contribution in [0.5, 0.6) is 5.75 Å². The van der Waals surface area contributed by atoms with E-state index in [2.05, 4.69) is 0 Å². The summed E-state index contributed by atoms with van der Waals surface area (Å²) in [6, 6.07) is 26.9. The Balaban J connectivity index is 2.33. The van der Waals surface area contributed by atoms with Gasteiger partial charge < -0.3 is 0 Å². The van der Waals surface area contributed by atoms with E-state index in [1.54, 1.807) is 6.07 Å². The van der Waals surface area contributed by atoms with Crippen molar-refractivity contribution in [2.45, 2.75) is 6.92 Å². The van der Waals surface area contributed by atoms with Crippen molar-refractivity contribution in [1.29, 1.82) is 0 Å². The second kappa shape index (κ2) is 12.3. The van der Waals surface area contributed by atoms with E-state index >= 15 is 0 Å². The molecule has 0 aliphatic rings.